The molecule has 1 aliphatic heterocycles. The van der Waals surface area contributed by atoms with Crippen molar-refractivity contribution in [2.75, 3.05) is 25.2 Å². The van der Waals surface area contributed by atoms with E-state index in [2.05, 4.69) is 60.7 Å². The van der Waals surface area contributed by atoms with Crippen LogP contribution in [-0.4, -0.2) is 29.9 Å². The summed E-state index contributed by atoms with van der Waals surface area (Å²) in [7, 11) is 1.70. The van der Waals surface area contributed by atoms with Gasteiger partial charge in [0.15, 0.2) is 0 Å². The van der Waals surface area contributed by atoms with E-state index in [-0.39, 0.29) is 5.41 Å². The summed E-state index contributed by atoms with van der Waals surface area (Å²) in [6.45, 7) is 5.48. The Balaban J connectivity index is 1.85. The van der Waals surface area contributed by atoms with Gasteiger partial charge in [0.05, 0.1) is 23.7 Å². The molecule has 4 rings (SSSR count). The largest absolute Gasteiger partial charge is 0.496 e. The Morgan fingerprint density at radius 2 is 2.04 bits per heavy atom. The highest BCUT2D eigenvalue weighted by Gasteiger charge is 2.30. The summed E-state index contributed by atoms with van der Waals surface area (Å²) in [6, 6.07) is 10.6. The number of fused-ring (bicyclic) bond motifs is 2. The molecule has 2 aromatic carbocycles. The van der Waals surface area contributed by atoms with Crippen LogP contribution in [0.2, 0.25) is 0 Å². The maximum absolute atomic E-state index is 5.57. The van der Waals surface area contributed by atoms with Crippen molar-refractivity contribution in [3.05, 3.63) is 35.9 Å². The van der Waals surface area contributed by atoms with Crippen LogP contribution in [0, 0.1) is 0 Å². The molecular weight excluding hydrogens is 318 g/mol. The van der Waals surface area contributed by atoms with Gasteiger partial charge in [-0.05, 0) is 42.2 Å². The number of hydrogen-bond acceptors (Lipinski definition) is 4. The minimum Gasteiger partial charge on any atom is -0.496 e. The van der Waals surface area contributed by atoms with Crippen LogP contribution in [-0.2, 0) is 5.41 Å². The van der Waals surface area contributed by atoms with Gasteiger partial charge in [-0.15, -0.1) is 11.8 Å². The molecule has 124 valence electrons. The Bertz CT molecular complexity index is 930. The molecule has 0 saturated heterocycles. The first-order chi connectivity index (χ1) is 11.5. The average molecular weight is 339 g/mol. The number of imidazole rings is 1. The molecule has 0 spiro atoms. The second-order valence-electron chi connectivity index (χ2n) is 6.80. The highest BCUT2D eigenvalue weighted by atomic mass is 32.2. The van der Waals surface area contributed by atoms with E-state index in [4.69, 9.17) is 9.72 Å². The van der Waals surface area contributed by atoms with Crippen LogP contribution < -0.4 is 10.1 Å². The number of aromatic nitrogens is 2. The second-order valence-corrected chi connectivity index (χ2v) is 7.68. The third-order valence-corrected chi connectivity index (χ3v) is 5.46. The number of H-pyrrole nitrogens is 1. The van der Waals surface area contributed by atoms with Crippen LogP contribution in [0.5, 0.6) is 5.75 Å². The zero-order valence-corrected chi connectivity index (χ0v) is 15.2. The fourth-order valence-electron chi connectivity index (χ4n) is 3.30. The minimum atomic E-state index is 0.139. The number of nitrogens with zero attached hydrogens (tertiary/aromatic N) is 1. The molecule has 0 atom stereocenters. The molecule has 1 aromatic heterocycles. The summed E-state index contributed by atoms with van der Waals surface area (Å²) in [6.07, 6.45) is 2.06. The van der Waals surface area contributed by atoms with Gasteiger partial charge in [0.1, 0.15) is 11.6 Å². The molecule has 5 heteroatoms. The van der Waals surface area contributed by atoms with E-state index in [0.717, 1.165) is 34.7 Å². The average Bonchev–Trinajstić information content (AvgIpc) is 3.13. The molecule has 3 aromatic rings. The summed E-state index contributed by atoms with van der Waals surface area (Å²) in [5, 5.41) is 3.49. The quantitative estimate of drug-likeness (QED) is 0.681. The normalized spacial score (nSPS) is 15.3. The summed E-state index contributed by atoms with van der Waals surface area (Å²) < 4.78 is 5.57. The van der Waals surface area contributed by atoms with Gasteiger partial charge in [0, 0.05) is 22.5 Å². The third kappa shape index (κ3) is 2.35. The van der Waals surface area contributed by atoms with Crippen molar-refractivity contribution < 1.29 is 4.74 Å². The third-order valence-electron chi connectivity index (χ3n) is 4.73. The second kappa shape index (κ2) is 5.45. The molecule has 0 amide bonds. The van der Waals surface area contributed by atoms with Crippen molar-refractivity contribution in [3.8, 4) is 17.1 Å². The van der Waals surface area contributed by atoms with Crippen LogP contribution in [0.1, 0.15) is 19.4 Å². The molecule has 4 nitrogen and oxygen atoms in total. The molecule has 24 heavy (non-hydrogen) atoms. The molecule has 0 aliphatic carbocycles. The molecule has 0 radical (unpaired) electrons. The highest BCUT2D eigenvalue weighted by molar-refractivity contribution is 7.98. The van der Waals surface area contributed by atoms with Crippen molar-refractivity contribution in [1.29, 1.82) is 0 Å². The van der Waals surface area contributed by atoms with Crippen LogP contribution in [0.15, 0.2) is 35.2 Å². The van der Waals surface area contributed by atoms with E-state index in [1.54, 1.807) is 18.9 Å². The van der Waals surface area contributed by atoms with Crippen molar-refractivity contribution in [1.82, 2.24) is 9.97 Å². The van der Waals surface area contributed by atoms with Crippen LogP contribution in [0.3, 0.4) is 0 Å². The molecule has 2 heterocycles. The summed E-state index contributed by atoms with van der Waals surface area (Å²) in [5.41, 5.74) is 5.70. The SMILES string of the molecule is COc1cc(SC)ccc1-c1nc2cc3c(cc2[nH]1)NCC3(C)C. The number of anilines is 1. The highest BCUT2D eigenvalue weighted by Crippen LogP contribution is 2.39. The van der Waals surface area contributed by atoms with Gasteiger partial charge >= 0.3 is 0 Å². The number of aromatic amines is 1. The van der Waals surface area contributed by atoms with Gasteiger partial charge in [-0.1, -0.05) is 13.8 Å². The van der Waals surface area contributed by atoms with Crippen LogP contribution in [0.4, 0.5) is 5.69 Å². The summed E-state index contributed by atoms with van der Waals surface area (Å²) in [4.78, 5) is 9.44. The smallest absolute Gasteiger partial charge is 0.142 e. The number of hydrogen-bond donors (Lipinski definition) is 2. The van der Waals surface area contributed by atoms with Gasteiger partial charge in [0.25, 0.3) is 0 Å². The molecule has 1 aliphatic rings. The Kier molecular flexibility index (Phi) is 3.49. The Morgan fingerprint density at radius 3 is 2.79 bits per heavy atom. The molecule has 0 bridgehead atoms. The van der Waals surface area contributed by atoms with Gasteiger partial charge in [-0.3, -0.25) is 0 Å². The summed E-state index contributed by atoms with van der Waals surface area (Å²) in [5.74, 6) is 1.68. The maximum Gasteiger partial charge on any atom is 0.142 e. The number of nitrogens with one attached hydrogen (secondary N) is 2. The first-order valence-electron chi connectivity index (χ1n) is 8.02. The minimum absolute atomic E-state index is 0.139. The topological polar surface area (TPSA) is 49.9 Å². The van der Waals surface area contributed by atoms with Crippen molar-refractivity contribution in [3.63, 3.8) is 0 Å². The molecular formula is C19H21N3OS. The number of ether oxygens (including phenoxy) is 1. The zero-order chi connectivity index (χ0) is 16.9. The fourth-order valence-corrected chi connectivity index (χ4v) is 3.73. The molecule has 2 N–H and O–H groups in total. The predicted molar refractivity (Wildman–Crippen MR) is 101 cm³/mol. The predicted octanol–water partition coefficient (Wildman–Crippen LogP) is 4.66. The summed E-state index contributed by atoms with van der Waals surface area (Å²) >= 11 is 1.70. The van der Waals surface area contributed by atoms with Gasteiger partial charge in [-0.25, -0.2) is 4.98 Å². The lowest BCUT2D eigenvalue weighted by molar-refractivity contribution is 0.415. The Labute approximate surface area is 146 Å². The van der Waals surface area contributed by atoms with Crippen molar-refractivity contribution >= 4 is 28.5 Å². The lowest BCUT2D eigenvalue weighted by Gasteiger charge is -2.16. The van der Waals surface area contributed by atoms with Gasteiger partial charge in [-0.2, -0.15) is 0 Å². The molecule has 0 fully saturated rings. The molecule has 0 saturated carbocycles. The Morgan fingerprint density at radius 1 is 1.21 bits per heavy atom. The monoisotopic (exact) mass is 339 g/mol. The van der Waals surface area contributed by atoms with E-state index in [1.807, 2.05) is 0 Å². The van der Waals surface area contributed by atoms with Crippen molar-refractivity contribution in [2.24, 2.45) is 0 Å². The number of methoxy groups -OCH3 is 1. The van der Waals surface area contributed by atoms with Gasteiger partial charge in [0.2, 0.25) is 0 Å². The first kappa shape index (κ1) is 15.4. The van der Waals surface area contributed by atoms with Gasteiger partial charge < -0.3 is 15.0 Å². The van der Waals surface area contributed by atoms with E-state index in [1.165, 1.54) is 16.1 Å². The van der Waals surface area contributed by atoms with E-state index in [9.17, 15) is 0 Å². The van der Waals surface area contributed by atoms with E-state index < -0.39 is 0 Å². The van der Waals surface area contributed by atoms with E-state index in [0.29, 0.717) is 0 Å². The maximum atomic E-state index is 5.57. The number of rotatable bonds is 3. The number of thioether (sulfide) groups is 1. The zero-order valence-electron chi connectivity index (χ0n) is 14.4. The number of benzene rings is 2. The lowest BCUT2D eigenvalue weighted by Crippen LogP contribution is -2.18. The lowest BCUT2D eigenvalue weighted by atomic mass is 9.87. The first-order valence-corrected chi connectivity index (χ1v) is 9.25. The molecule has 0 unspecified atom stereocenters. The standard InChI is InChI=1S/C19H21N3OS/c1-19(2)10-20-14-9-16-15(8-13(14)19)21-18(22-16)12-6-5-11(24-4)7-17(12)23-3/h5-9,20H,10H2,1-4H3,(H,21,22). The fraction of sp³-hybridized carbons (Fsp3) is 0.316. The van der Waals surface area contributed by atoms with Crippen LogP contribution in [0.25, 0.3) is 22.4 Å². The van der Waals surface area contributed by atoms with E-state index >= 15 is 0 Å². The van der Waals surface area contributed by atoms with Crippen molar-refractivity contribution in [2.45, 2.75) is 24.2 Å². The van der Waals surface area contributed by atoms with Crippen LogP contribution >= 0.6 is 11.8 Å². The Hall–Kier alpha value is -2.14.